The number of aryl methyl sites for hydroxylation is 1. The molecule has 2 aromatic rings. The van der Waals surface area contributed by atoms with Gasteiger partial charge < -0.3 is 9.84 Å². The third kappa shape index (κ3) is 4.50. The number of carbonyl (C=O) groups is 1. The maximum absolute atomic E-state index is 13.8. The van der Waals surface area contributed by atoms with E-state index < -0.39 is 29.8 Å². The molecule has 1 aliphatic carbocycles. The normalized spacial score (nSPS) is 20.4. The van der Waals surface area contributed by atoms with E-state index in [9.17, 15) is 18.7 Å². The Kier molecular flexibility index (Phi) is 6.36. The minimum absolute atomic E-state index is 0.0543. The molecule has 0 amide bonds. The largest absolute Gasteiger partial charge is 0.459 e. The van der Waals surface area contributed by atoms with E-state index >= 15 is 0 Å². The van der Waals surface area contributed by atoms with Gasteiger partial charge in [-0.05, 0) is 18.4 Å². The average molecular weight is 407 g/mol. The van der Waals surface area contributed by atoms with Gasteiger partial charge in [0.25, 0.3) is 5.82 Å². The summed E-state index contributed by atoms with van der Waals surface area (Å²) in [5, 5.41) is 11.3. The third-order valence-corrected chi connectivity index (χ3v) is 5.81. The van der Waals surface area contributed by atoms with E-state index in [4.69, 9.17) is 4.74 Å². The quantitative estimate of drug-likeness (QED) is 0.539. The molecule has 1 aliphatic rings. The van der Waals surface area contributed by atoms with E-state index in [-0.39, 0.29) is 19.4 Å². The van der Waals surface area contributed by atoms with Crippen molar-refractivity contribution >= 4 is 5.97 Å². The molecular weight excluding hydrogens is 378 g/mol. The van der Waals surface area contributed by atoms with Crippen molar-refractivity contribution in [1.29, 1.82) is 0 Å². The zero-order chi connectivity index (χ0) is 21.1. The Labute approximate surface area is 169 Å². The SMILES string of the molecule is CCC[n+]1ccn(CCOC(=O)[C@](O)(c2ccccc2)[C@H]2CCC(F)(F)C2)c1C. The minimum Gasteiger partial charge on any atom is -0.459 e. The highest BCUT2D eigenvalue weighted by molar-refractivity contribution is 5.81. The van der Waals surface area contributed by atoms with Crippen LogP contribution >= 0.6 is 0 Å². The molecule has 7 heteroatoms. The van der Waals surface area contributed by atoms with E-state index in [1.165, 1.54) is 0 Å². The molecule has 3 rings (SSSR count). The molecule has 1 fully saturated rings. The summed E-state index contributed by atoms with van der Waals surface area (Å²) < 4.78 is 37.1. The molecule has 1 saturated carbocycles. The number of imidazole rings is 1. The second kappa shape index (κ2) is 8.61. The van der Waals surface area contributed by atoms with Crippen LogP contribution in [0.4, 0.5) is 8.78 Å². The summed E-state index contributed by atoms with van der Waals surface area (Å²) in [5.41, 5.74) is -1.78. The lowest BCUT2D eigenvalue weighted by molar-refractivity contribution is -0.702. The molecule has 0 spiro atoms. The van der Waals surface area contributed by atoms with E-state index in [1.54, 1.807) is 30.3 Å². The van der Waals surface area contributed by atoms with Gasteiger partial charge in [0, 0.05) is 25.7 Å². The van der Waals surface area contributed by atoms with Crippen LogP contribution in [-0.2, 0) is 28.2 Å². The van der Waals surface area contributed by atoms with Gasteiger partial charge in [0.2, 0.25) is 5.92 Å². The van der Waals surface area contributed by atoms with Crippen LogP contribution in [0.15, 0.2) is 42.7 Å². The van der Waals surface area contributed by atoms with Gasteiger partial charge in [-0.3, -0.25) is 0 Å². The van der Waals surface area contributed by atoms with Crippen molar-refractivity contribution in [1.82, 2.24) is 4.57 Å². The number of esters is 1. The summed E-state index contributed by atoms with van der Waals surface area (Å²) in [5.74, 6) is -3.58. The van der Waals surface area contributed by atoms with Gasteiger partial charge in [-0.1, -0.05) is 37.3 Å². The summed E-state index contributed by atoms with van der Waals surface area (Å²) in [6, 6.07) is 8.27. The summed E-state index contributed by atoms with van der Waals surface area (Å²) in [4.78, 5) is 12.9. The number of halogens is 2. The van der Waals surface area contributed by atoms with Gasteiger partial charge in [-0.2, -0.15) is 0 Å². The van der Waals surface area contributed by atoms with Crippen molar-refractivity contribution in [2.45, 2.75) is 64.1 Å². The van der Waals surface area contributed by atoms with Crippen LogP contribution in [-0.4, -0.2) is 28.2 Å². The average Bonchev–Trinajstić information content (AvgIpc) is 3.25. The number of benzene rings is 1. The fraction of sp³-hybridized carbons (Fsp3) is 0.545. The Balaban J connectivity index is 1.72. The lowest BCUT2D eigenvalue weighted by Gasteiger charge is -2.32. The maximum atomic E-state index is 13.8. The number of ether oxygens (including phenoxy) is 1. The Morgan fingerprint density at radius 3 is 2.72 bits per heavy atom. The molecule has 2 atom stereocenters. The summed E-state index contributed by atoms with van der Waals surface area (Å²) >= 11 is 0. The lowest BCUT2D eigenvalue weighted by Crippen LogP contribution is -2.44. The monoisotopic (exact) mass is 407 g/mol. The van der Waals surface area contributed by atoms with E-state index in [0.717, 1.165) is 18.8 Å². The van der Waals surface area contributed by atoms with E-state index in [2.05, 4.69) is 11.5 Å². The van der Waals surface area contributed by atoms with Crippen LogP contribution in [0.25, 0.3) is 0 Å². The second-order valence-corrected chi connectivity index (χ2v) is 7.80. The van der Waals surface area contributed by atoms with Crippen LogP contribution in [0.5, 0.6) is 0 Å². The Morgan fingerprint density at radius 1 is 1.38 bits per heavy atom. The fourth-order valence-corrected chi connectivity index (χ4v) is 4.12. The van der Waals surface area contributed by atoms with Crippen LogP contribution in [0.2, 0.25) is 0 Å². The Hall–Kier alpha value is -2.28. The predicted molar refractivity (Wildman–Crippen MR) is 103 cm³/mol. The smallest absolute Gasteiger partial charge is 0.343 e. The standard InChI is InChI=1S/C22H29F2N2O3/c1-3-11-25-12-13-26(17(25)2)14-15-29-20(27)22(28,18-7-5-4-6-8-18)19-9-10-21(23,24)16-19/h4-8,12-13,19,28H,3,9-11,14-16H2,1-2H3/q+1/t19-,22-/m0/s1. The molecule has 0 radical (unpaired) electrons. The van der Waals surface area contributed by atoms with Gasteiger partial charge in [0.05, 0.1) is 6.54 Å². The molecule has 0 unspecified atom stereocenters. The van der Waals surface area contributed by atoms with Crippen molar-refractivity contribution in [2.75, 3.05) is 6.61 Å². The number of rotatable bonds is 8. The number of nitrogens with zero attached hydrogens (tertiary/aromatic N) is 2. The summed E-state index contributed by atoms with van der Waals surface area (Å²) in [6.45, 7) is 5.47. The highest BCUT2D eigenvalue weighted by Gasteiger charge is 2.54. The second-order valence-electron chi connectivity index (χ2n) is 7.80. The van der Waals surface area contributed by atoms with Gasteiger partial charge in [0.15, 0.2) is 5.60 Å². The molecule has 0 saturated heterocycles. The highest BCUT2D eigenvalue weighted by Crippen LogP contribution is 2.47. The molecule has 1 aromatic heterocycles. The van der Waals surface area contributed by atoms with Gasteiger partial charge in [-0.25, -0.2) is 22.7 Å². The van der Waals surface area contributed by atoms with Gasteiger partial charge in [0.1, 0.15) is 25.5 Å². The first-order valence-corrected chi connectivity index (χ1v) is 10.2. The molecule has 0 bridgehead atoms. The number of alkyl halides is 2. The molecule has 158 valence electrons. The molecule has 5 nitrogen and oxygen atoms in total. The lowest BCUT2D eigenvalue weighted by atomic mass is 9.80. The number of aromatic nitrogens is 2. The highest BCUT2D eigenvalue weighted by atomic mass is 19.3. The Bertz CT molecular complexity index is 838. The van der Waals surface area contributed by atoms with Crippen molar-refractivity contribution in [3.63, 3.8) is 0 Å². The zero-order valence-corrected chi connectivity index (χ0v) is 17.0. The first-order valence-electron chi connectivity index (χ1n) is 10.2. The molecular formula is C22H29F2N2O3+. The van der Waals surface area contributed by atoms with Crippen molar-refractivity contribution in [3.05, 3.63) is 54.1 Å². The zero-order valence-electron chi connectivity index (χ0n) is 17.0. The maximum Gasteiger partial charge on any atom is 0.343 e. The topological polar surface area (TPSA) is 55.3 Å². The third-order valence-electron chi connectivity index (χ3n) is 5.81. The predicted octanol–water partition coefficient (Wildman–Crippen LogP) is 3.36. The first-order chi connectivity index (χ1) is 13.8. The molecule has 1 heterocycles. The summed E-state index contributed by atoms with van der Waals surface area (Å²) in [7, 11) is 0. The molecule has 0 aliphatic heterocycles. The Morgan fingerprint density at radius 2 is 2.10 bits per heavy atom. The van der Waals surface area contributed by atoms with Crippen molar-refractivity contribution in [3.8, 4) is 0 Å². The van der Waals surface area contributed by atoms with Gasteiger partial charge >= 0.3 is 5.97 Å². The number of carbonyl (C=O) groups excluding carboxylic acids is 1. The fourth-order valence-electron chi connectivity index (χ4n) is 4.12. The van der Waals surface area contributed by atoms with Crippen molar-refractivity contribution in [2.24, 2.45) is 5.92 Å². The van der Waals surface area contributed by atoms with Crippen LogP contribution in [0, 0.1) is 12.8 Å². The molecule has 1 N–H and O–H groups in total. The van der Waals surface area contributed by atoms with Crippen LogP contribution < -0.4 is 4.57 Å². The number of hydrogen-bond donors (Lipinski definition) is 1. The van der Waals surface area contributed by atoms with Crippen LogP contribution in [0.3, 0.4) is 0 Å². The first kappa shape index (κ1) is 21.4. The van der Waals surface area contributed by atoms with Gasteiger partial charge in [-0.15, -0.1) is 0 Å². The van der Waals surface area contributed by atoms with Crippen molar-refractivity contribution < 1.29 is 28.0 Å². The molecule has 29 heavy (non-hydrogen) atoms. The van der Waals surface area contributed by atoms with Crippen LogP contribution in [0.1, 0.15) is 44.0 Å². The number of aliphatic hydroxyl groups is 1. The number of hydrogen-bond acceptors (Lipinski definition) is 3. The minimum atomic E-state index is -2.87. The summed E-state index contributed by atoms with van der Waals surface area (Å²) in [6.07, 6.45) is 4.12. The van der Waals surface area contributed by atoms with E-state index in [1.807, 2.05) is 23.9 Å². The molecule has 1 aromatic carbocycles. The van der Waals surface area contributed by atoms with E-state index in [0.29, 0.717) is 12.1 Å².